The zero-order valence-electron chi connectivity index (χ0n) is 11.5. The number of anilines is 2. The van der Waals surface area contributed by atoms with E-state index < -0.39 is 0 Å². The van der Waals surface area contributed by atoms with Gasteiger partial charge in [0.2, 0.25) is 11.9 Å². The van der Waals surface area contributed by atoms with Gasteiger partial charge >= 0.3 is 0 Å². The average molecular weight is 301 g/mol. The van der Waals surface area contributed by atoms with Crippen LogP contribution in [0.15, 0.2) is 36.0 Å². The zero-order chi connectivity index (χ0) is 14.7. The van der Waals surface area contributed by atoms with Crippen LogP contribution in [0.4, 0.5) is 11.9 Å². The van der Waals surface area contributed by atoms with Crippen molar-refractivity contribution in [3.63, 3.8) is 0 Å². The number of aromatic nitrogens is 5. The Morgan fingerprint density at radius 1 is 1.33 bits per heavy atom. The van der Waals surface area contributed by atoms with Crippen molar-refractivity contribution in [2.75, 3.05) is 11.1 Å². The molecule has 108 valence electrons. The van der Waals surface area contributed by atoms with Gasteiger partial charge in [-0.1, -0.05) is 6.07 Å². The van der Waals surface area contributed by atoms with Gasteiger partial charge in [-0.05, 0) is 24.4 Å². The lowest BCUT2D eigenvalue weighted by molar-refractivity contribution is 0.764. The lowest BCUT2D eigenvalue weighted by Crippen LogP contribution is -2.21. The fraction of sp³-hybridized carbons (Fsp3) is 0.231. The number of thiophene rings is 1. The highest BCUT2D eigenvalue weighted by molar-refractivity contribution is 7.09. The number of rotatable bonds is 5. The third-order valence-electron chi connectivity index (χ3n) is 2.81. The van der Waals surface area contributed by atoms with Crippen molar-refractivity contribution in [1.82, 2.24) is 24.7 Å². The molecule has 0 aromatic carbocycles. The second-order valence-corrected chi connectivity index (χ2v) is 5.63. The van der Waals surface area contributed by atoms with Crippen molar-refractivity contribution in [2.45, 2.75) is 19.4 Å². The van der Waals surface area contributed by atoms with Gasteiger partial charge in [-0.3, -0.25) is 0 Å². The van der Waals surface area contributed by atoms with E-state index in [2.05, 4.69) is 43.7 Å². The molecule has 0 spiro atoms. The summed E-state index contributed by atoms with van der Waals surface area (Å²) in [5.74, 6) is 1.02. The molecule has 3 aromatic heterocycles. The summed E-state index contributed by atoms with van der Waals surface area (Å²) in [5, 5.41) is 9.41. The summed E-state index contributed by atoms with van der Waals surface area (Å²) in [4.78, 5) is 13.8. The van der Waals surface area contributed by atoms with Crippen LogP contribution in [0.1, 0.15) is 11.8 Å². The average Bonchev–Trinajstić information content (AvgIpc) is 3.10. The highest BCUT2D eigenvalue weighted by Gasteiger charge is 2.10. The van der Waals surface area contributed by atoms with E-state index in [9.17, 15) is 0 Å². The Morgan fingerprint density at radius 2 is 2.24 bits per heavy atom. The van der Waals surface area contributed by atoms with Crippen LogP contribution in [-0.2, 0) is 6.42 Å². The maximum atomic E-state index is 5.74. The highest BCUT2D eigenvalue weighted by atomic mass is 32.1. The lowest BCUT2D eigenvalue weighted by atomic mass is 10.2. The first kappa shape index (κ1) is 13.5. The molecule has 8 heteroatoms. The zero-order valence-corrected chi connectivity index (χ0v) is 12.3. The molecule has 0 amide bonds. The maximum Gasteiger partial charge on any atom is 0.257 e. The topological polar surface area (TPSA) is 94.5 Å². The van der Waals surface area contributed by atoms with Gasteiger partial charge in [0, 0.05) is 29.7 Å². The van der Waals surface area contributed by atoms with Gasteiger partial charge in [0.1, 0.15) is 0 Å². The van der Waals surface area contributed by atoms with E-state index in [1.165, 1.54) is 4.88 Å². The molecular formula is C13H15N7S. The first-order valence-electron chi connectivity index (χ1n) is 6.51. The molecule has 0 aliphatic heterocycles. The van der Waals surface area contributed by atoms with Crippen LogP contribution >= 0.6 is 11.3 Å². The molecule has 3 N–H and O–H groups in total. The van der Waals surface area contributed by atoms with E-state index in [0.717, 1.165) is 6.42 Å². The number of nitrogens with one attached hydrogen (secondary N) is 1. The van der Waals surface area contributed by atoms with Gasteiger partial charge in [0.25, 0.3) is 5.95 Å². The normalized spacial score (nSPS) is 12.2. The minimum absolute atomic E-state index is 0.168. The van der Waals surface area contributed by atoms with Crippen LogP contribution in [0.3, 0.4) is 0 Å². The minimum atomic E-state index is 0.168. The smallest absolute Gasteiger partial charge is 0.257 e. The van der Waals surface area contributed by atoms with Gasteiger partial charge in [0.15, 0.2) is 0 Å². The Labute approximate surface area is 125 Å². The molecule has 0 radical (unpaired) electrons. The molecule has 0 bridgehead atoms. The lowest BCUT2D eigenvalue weighted by Gasteiger charge is -2.13. The van der Waals surface area contributed by atoms with E-state index in [1.54, 1.807) is 34.5 Å². The van der Waals surface area contributed by atoms with Crippen LogP contribution in [0, 0.1) is 0 Å². The van der Waals surface area contributed by atoms with Crippen molar-refractivity contribution >= 4 is 23.2 Å². The van der Waals surface area contributed by atoms with Crippen molar-refractivity contribution in [1.29, 1.82) is 0 Å². The Kier molecular flexibility index (Phi) is 3.78. The summed E-state index contributed by atoms with van der Waals surface area (Å²) in [6.45, 7) is 2.08. The highest BCUT2D eigenvalue weighted by Crippen LogP contribution is 2.14. The molecule has 0 aliphatic rings. The van der Waals surface area contributed by atoms with Gasteiger partial charge in [-0.2, -0.15) is 20.1 Å². The molecule has 21 heavy (non-hydrogen) atoms. The Hall–Kier alpha value is -2.48. The second-order valence-electron chi connectivity index (χ2n) is 4.60. The molecule has 0 saturated carbocycles. The fourth-order valence-electron chi connectivity index (χ4n) is 1.94. The van der Waals surface area contributed by atoms with E-state index in [4.69, 9.17) is 5.73 Å². The molecule has 0 saturated heterocycles. The summed E-state index contributed by atoms with van der Waals surface area (Å²) >= 11 is 1.73. The summed E-state index contributed by atoms with van der Waals surface area (Å²) in [7, 11) is 0. The Balaban J connectivity index is 1.76. The first-order valence-corrected chi connectivity index (χ1v) is 7.39. The van der Waals surface area contributed by atoms with Gasteiger partial charge in [-0.15, -0.1) is 11.3 Å². The van der Waals surface area contributed by atoms with Gasteiger partial charge in [-0.25, -0.2) is 4.68 Å². The van der Waals surface area contributed by atoms with Crippen molar-refractivity contribution < 1.29 is 0 Å². The summed E-state index contributed by atoms with van der Waals surface area (Å²) in [5.41, 5.74) is 5.74. The molecule has 0 aliphatic carbocycles. The van der Waals surface area contributed by atoms with E-state index >= 15 is 0 Å². The van der Waals surface area contributed by atoms with E-state index in [1.807, 2.05) is 6.07 Å². The number of nitrogens with two attached hydrogens (primary N) is 1. The van der Waals surface area contributed by atoms with Crippen LogP contribution in [0.2, 0.25) is 0 Å². The molecule has 3 rings (SSSR count). The first-order chi connectivity index (χ1) is 10.2. The summed E-state index contributed by atoms with van der Waals surface area (Å²) in [6.07, 6.45) is 4.32. The molecule has 1 atom stereocenters. The van der Waals surface area contributed by atoms with Crippen molar-refractivity contribution in [3.05, 3.63) is 40.8 Å². The predicted octanol–water partition coefficient (Wildman–Crippen LogP) is 1.74. The molecule has 3 heterocycles. The number of hydrogen-bond acceptors (Lipinski definition) is 7. The summed E-state index contributed by atoms with van der Waals surface area (Å²) < 4.78 is 1.55. The van der Waals surface area contributed by atoms with Crippen molar-refractivity contribution in [2.24, 2.45) is 0 Å². The molecular weight excluding hydrogens is 286 g/mol. The van der Waals surface area contributed by atoms with Gasteiger partial charge in [0.05, 0.1) is 0 Å². The van der Waals surface area contributed by atoms with Crippen LogP contribution in [0.5, 0.6) is 0 Å². The number of nitrogens with zero attached hydrogens (tertiary/aromatic N) is 5. The predicted molar refractivity (Wildman–Crippen MR) is 82.5 cm³/mol. The van der Waals surface area contributed by atoms with Crippen molar-refractivity contribution in [3.8, 4) is 5.95 Å². The van der Waals surface area contributed by atoms with Crippen LogP contribution in [0.25, 0.3) is 5.95 Å². The third-order valence-corrected chi connectivity index (χ3v) is 3.71. The largest absolute Gasteiger partial charge is 0.368 e. The second kappa shape index (κ2) is 5.88. The number of nitrogen functional groups attached to an aromatic ring is 1. The summed E-state index contributed by atoms with van der Waals surface area (Å²) in [6, 6.07) is 6.14. The molecule has 0 fully saturated rings. The van der Waals surface area contributed by atoms with Crippen LogP contribution < -0.4 is 11.1 Å². The maximum absolute atomic E-state index is 5.74. The SMILES string of the molecule is CC(Cc1cccs1)Nc1nc(N)nc(-n2cccn2)n1. The molecule has 7 nitrogen and oxygen atoms in total. The van der Waals surface area contributed by atoms with E-state index in [0.29, 0.717) is 11.9 Å². The number of hydrogen-bond donors (Lipinski definition) is 2. The third kappa shape index (κ3) is 3.34. The van der Waals surface area contributed by atoms with Crippen LogP contribution in [-0.4, -0.2) is 30.8 Å². The van der Waals surface area contributed by atoms with Gasteiger partial charge < -0.3 is 11.1 Å². The fourth-order valence-corrected chi connectivity index (χ4v) is 2.77. The molecule has 3 aromatic rings. The Bertz CT molecular complexity index is 693. The monoisotopic (exact) mass is 301 g/mol. The molecule has 1 unspecified atom stereocenters. The Morgan fingerprint density at radius 3 is 2.95 bits per heavy atom. The quantitative estimate of drug-likeness (QED) is 0.745. The van der Waals surface area contributed by atoms with E-state index in [-0.39, 0.29) is 12.0 Å². The minimum Gasteiger partial charge on any atom is -0.368 e. The standard InChI is InChI=1S/C13H15N7S/c1-9(8-10-4-2-7-21-10)16-12-17-11(14)18-13(19-12)20-6-3-5-15-20/h2-7,9H,8H2,1H3,(H3,14,16,17,18,19).